The van der Waals surface area contributed by atoms with E-state index in [1.807, 2.05) is 12.1 Å². The predicted molar refractivity (Wildman–Crippen MR) is 87.4 cm³/mol. The van der Waals surface area contributed by atoms with E-state index in [2.05, 4.69) is 15.2 Å². The number of hydrogen-bond acceptors (Lipinski definition) is 3. The van der Waals surface area contributed by atoms with Gasteiger partial charge in [-0.3, -0.25) is 9.78 Å². The quantitative estimate of drug-likeness (QED) is 0.944. The smallest absolute Gasteiger partial charge is 0.225 e. The molecule has 1 aromatic heterocycles. The molecule has 1 fully saturated rings. The van der Waals surface area contributed by atoms with Crippen LogP contribution in [0.1, 0.15) is 18.4 Å². The minimum Gasteiger partial charge on any atom is -0.371 e. The number of carbonyl (C=O) groups is 1. The Morgan fingerprint density at radius 3 is 2.70 bits per heavy atom. The number of hydrogen-bond donors (Lipinski definition) is 1. The number of nitrogens with zero attached hydrogens (tertiary/aromatic N) is 2. The van der Waals surface area contributed by atoms with Crippen LogP contribution in [0.4, 0.5) is 10.1 Å². The fraction of sp³-hybridized carbons (Fsp3) is 0.333. The zero-order valence-corrected chi connectivity index (χ0v) is 12.9. The Labute approximate surface area is 135 Å². The molecule has 2 aromatic rings. The largest absolute Gasteiger partial charge is 0.371 e. The van der Waals surface area contributed by atoms with Crippen molar-refractivity contribution in [2.45, 2.75) is 19.4 Å². The monoisotopic (exact) mass is 313 g/mol. The van der Waals surface area contributed by atoms with Crippen LogP contribution >= 0.6 is 0 Å². The van der Waals surface area contributed by atoms with Gasteiger partial charge < -0.3 is 10.2 Å². The van der Waals surface area contributed by atoms with E-state index in [9.17, 15) is 9.18 Å². The van der Waals surface area contributed by atoms with E-state index in [1.165, 1.54) is 12.1 Å². The van der Waals surface area contributed by atoms with Gasteiger partial charge in [-0.2, -0.15) is 0 Å². The molecule has 1 N–H and O–H groups in total. The van der Waals surface area contributed by atoms with Crippen LogP contribution in [0.5, 0.6) is 0 Å². The molecule has 0 radical (unpaired) electrons. The van der Waals surface area contributed by atoms with Crippen LogP contribution in [0.3, 0.4) is 0 Å². The van der Waals surface area contributed by atoms with Gasteiger partial charge in [0.25, 0.3) is 0 Å². The van der Waals surface area contributed by atoms with E-state index in [1.54, 1.807) is 24.5 Å². The molecule has 1 unspecified atom stereocenters. The van der Waals surface area contributed by atoms with E-state index in [4.69, 9.17) is 0 Å². The minimum absolute atomic E-state index is 0.0163. The molecule has 23 heavy (non-hydrogen) atoms. The molecule has 1 saturated heterocycles. The van der Waals surface area contributed by atoms with Gasteiger partial charge in [-0.15, -0.1) is 0 Å². The third-order valence-electron chi connectivity index (χ3n) is 4.20. The summed E-state index contributed by atoms with van der Waals surface area (Å²) in [5.74, 6) is -0.217. The molecule has 0 saturated carbocycles. The van der Waals surface area contributed by atoms with Gasteiger partial charge >= 0.3 is 0 Å². The Bertz CT molecular complexity index is 645. The minimum atomic E-state index is -0.264. The van der Waals surface area contributed by atoms with E-state index in [0.29, 0.717) is 6.54 Å². The first-order chi connectivity index (χ1) is 11.2. The number of carbonyl (C=O) groups excluding carboxylic acids is 1. The molecular formula is C18H20FN3O. The van der Waals surface area contributed by atoms with Crippen LogP contribution in [0.15, 0.2) is 48.8 Å². The van der Waals surface area contributed by atoms with Gasteiger partial charge in [0.05, 0.1) is 5.92 Å². The molecule has 0 spiro atoms. The predicted octanol–water partition coefficient (Wildman–Crippen LogP) is 2.75. The third-order valence-corrected chi connectivity index (χ3v) is 4.20. The average molecular weight is 313 g/mol. The fourth-order valence-electron chi connectivity index (χ4n) is 2.92. The van der Waals surface area contributed by atoms with Gasteiger partial charge in [-0.25, -0.2) is 4.39 Å². The molecule has 2 heterocycles. The Morgan fingerprint density at radius 1 is 1.22 bits per heavy atom. The third kappa shape index (κ3) is 4.06. The second-order valence-corrected chi connectivity index (χ2v) is 5.83. The Morgan fingerprint density at radius 2 is 1.96 bits per heavy atom. The van der Waals surface area contributed by atoms with Crippen LogP contribution in [0, 0.1) is 11.7 Å². The summed E-state index contributed by atoms with van der Waals surface area (Å²) in [4.78, 5) is 18.7. The molecule has 0 bridgehead atoms. The second kappa shape index (κ2) is 7.22. The SMILES string of the molecule is O=C(NCc1ccc(F)cc1)C1CCCN(c2ccncc2)C1. The normalized spacial score (nSPS) is 17.8. The maximum Gasteiger partial charge on any atom is 0.225 e. The molecule has 4 nitrogen and oxygen atoms in total. The number of aromatic nitrogens is 1. The number of rotatable bonds is 4. The van der Waals surface area contributed by atoms with Crippen molar-refractivity contribution in [3.8, 4) is 0 Å². The maximum atomic E-state index is 12.9. The summed E-state index contributed by atoms with van der Waals surface area (Å²) in [7, 11) is 0. The highest BCUT2D eigenvalue weighted by molar-refractivity contribution is 5.79. The molecule has 1 amide bonds. The number of amides is 1. The van der Waals surface area contributed by atoms with Gasteiger partial charge in [0.1, 0.15) is 5.82 Å². The standard InChI is InChI=1S/C18H20FN3O/c19-16-5-3-14(4-6-16)12-21-18(23)15-2-1-11-22(13-15)17-7-9-20-10-8-17/h3-10,15H,1-2,11-13H2,(H,21,23). The summed E-state index contributed by atoms with van der Waals surface area (Å²) >= 11 is 0. The van der Waals surface area contributed by atoms with E-state index < -0.39 is 0 Å². The van der Waals surface area contributed by atoms with Crippen molar-refractivity contribution in [1.29, 1.82) is 0 Å². The number of piperidine rings is 1. The van der Waals surface area contributed by atoms with Crippen LogP contribution in [-0.4, -0.2) is 24.0 Å². The molecule has 120 valence electrons. The summed E-state index contributed by atoms with van der Waals surface area (Å²) in [5.41, 5.74) is 2.01. The Balaban J connectivity index is 1.55. The van der Waals surface area contributed by atoms with Crippen molar-refractivity contribution in [2.75, 3.05) is 18.0 Å². The highest BCUT2D eigenvalue weighted by atomic mass is 19.1. The van der Waals surface area contributed by atoms with Crippen molar-refractivity contribution in [1.82, 2.24) is 10.3 Å². The molecule has 1 aromatic carbocycles. The highest BCUT2D eigenvalue weighted by Gasteiger charge is 2.25. The molecule has 5 heteroatoms. The van der Waals surface area contributed by atoms with Crippen molar-refractivity contribution >= 4 is 11.6 Å². The summed E-state index contributed by atoms with van der Waals surface area (Å²) in [6, 6.07) is 10.2. The van der Waals surface area contributed by atoms with Gasteiger partial charge in [0, 0.05) is 37.7 Å². The number of anilines is 1. The summed E-state index contributed by atoms with van der Waals surface area (Å²) in [6.45, 7) is 2.12. The first-order valence-electron chi connectivity index (χ1n) is 7.89. The molecule has 1 atom stereocenters. The van der Waals surface area contributed by atoms with Crippen LogP contribution in [0.25, 0.3) is 0 Å². The van der Waals surface area contributed by atoms with Crippen LogP contribution in [-0.2, 0) is 11.3 Å². The molecule has 1 aliphatic heterocycles. The fourth-order valence-corrected chi connectivity index (χ4v) is 2.92. The maximum absolute atomic E-state index is 12.9. The lowest BCUT2D eigenvalue weighted by atomic mass is 9.96. The van der Waals surface area contributed by atoms with Crippen LogP contribution in [0.2, 0.25) is 0 Å². The number of halogens is 1. The zero-order chi connectivity index (χ0) is 16.1. The molecule has 0 aliphatic carbocycles. The molecule has 1 aliphatic rings. The Hall–Kier alpha value is -2.43. The lowest BCUT2D eigenvalue weighted by Gasteiger charge is -2.33. The number of nitrogens with one attached hydrogen (secondary N) is 1. The first-order valence-corrected chi connectivity index (χ1v) is 7.89. The lowest BCUT2D eigenvalue weighted by Crippen LogP contribution is -2.43. The second-order valence-electron chi connectivity index (χ2n) is 5.83. The zero-order valence-electron chi connectivity index (χ0n) is 12.9. The summed E-state index contributed by atoms with van der Waals surface area (Å²) in [6.07, 6.45) is 5.44. The van der Waals surface area contributed by atoms with Crippen molar-refractivity contribution < 1.29 is 9.18 Å². The lowest BCUT2D eigenvalue weighted by molar-refractivity contribution is -0.125. The summed E-state index contributed by atoms with van der Waals surface area (Å²) in [5, 5.41) is 2.96. The van der Waals surface area contributed by atoms with E-state index in [0.717, 1.165) is 37.2 Å². The Kier molecular flexibility index (Phi) is 4.86. The van der Waals surface area contributed by atoms with E-state index in [-0.39, 0.29) is 17.6 Å². The molecular weight excluding hydrogens is 293 g/mol. The number of pyridine rings is 1. The topological polar surface area (TPSA) is 45.2 Å². The first kappa shape index (κ1) is 15.5. The van der Waals surface area contributed by atoms with Crippen molar-refractivity contribution in [3.63, 3.8) is 0 Å². The molecule has 3 rings (SSSR count). The van der Waals surface area contributed by atoms with Crippen molar-refractivity contribution in [2.24, 2.45) is 5.92 Å². The average Bonchev–Trinajstić information content (AvgIpc) is 2.62. The van der Waals surface area contributed by atoms with Crippen molar-refractivity contribution in [3.05, 3.63) is 60.2 Å². The highest BCUT2D eigenvalue weighted by Crippen LogP contribution is 2.22. The van der Waals surface area contributed by atoms with Gasteiger partial charge in [-0.05, 0) is 42.7 Å². The van der Waals surface area contributed by atoms with Gasteiger partial charge in [0.2, 0.25) is 5.91 Å². The van der Waals surface area contributed by atoms with E-state index >= 15 is 0 Å². The number of benzene rings is 1. The summed E-state index contributed by atoms with van der Waals surface area (Å²) < 4.78 is 12.9. The van der Waals surface area contributed by atoms with Gasteiger partial charge in [-0.1, -0.05) is 12.1 Å². The van der Waals surface area contributed by atoms with Gasteiger partial charge in [0.15, 0.2) is 0 Å². The van der Waals surface area contributed by atoms with Crippen LogP contribution < -0.4 is 10.2 Å².